The molecular formula is C30H40FeO2P2-6. The molecule has 4 rings (SSSR count). The van der Waals surface area contributed by atoms with Gasteiger partial charge in [0, 0.05) is 29.4 Å². The van der Waals surface area contributed by atoms with Crippen molar-refractivity contribution >= 4 is 21.1 Å². The van der Waals surface area contributed by atoms with Crippen molar-refractivity contribution < 1.29 is 25.9 Å². The van der Waals surface area contributed by atoms with Gasteiger partial charge in [0.25, 0.3) is 0 Å². The van der Waals surface area contributed by atoms with E-state index in [1.54, 1.807) is 12.5 Å². The van der Waals surface area contributed by atoms with Crippen LogP contribution < -0.4 is 5.30 Å². The Labute approximate surface area is 225 Å². The van der Waals surface area contributed by atoms with Crippen molar-refractivity contribution in [3.63, 3.8) is 0 Å². The maximum atomic E-state index is 5.73. The summed E-state index contributed by atoms with van der Waals surface area (Å²) < 4.78 is 11.5. The smallest absolute Gasteiger partial charge is 0.108 e. The minimum Gasteiger partial charge on any atom is -0.748 e. The molecule has 0 radical (unpaired) electrons. The summed E-state index contributed by atoms with van der Waals surface area (Å²) in [7, 11) is -0.679. The Hall–Kier alpha value is -1.36. The first kappa shape index (κ1) is 29.9. The zero-order valence-electron chi connectivity index (χ0n) is 22.1. The Morgan fingerprint density at radius 1 is 0.771 bits per heavy atom. The van der Waals surface area contributed by atoms with Crippen molar-refractivity contribution in [1.29, 1.82) is 0 Å². The summed E-state index contributed by atoms with van der Waals surface area (Å²) >= 11 is 0. The van der Waals surface area contributed by atoms with Gasteiger partial charge in [0.2, 0.25) is 0 Å². The fourth-order valence-electron chi connectivity index (χ4n) is 5.10. The molecule has 2 aromatic carbocycles. The van der Waals surface area contributed by atoms with Crippen LogP contribution in [0.1, 0.15) is 71.2 Å². The second-order valence-corrected chi connectivity index (χ2v) is 17.1. The van der Waals surface area contributed by atoms with Crippen LogP contribution in [0.2, 0.25) is 0 Å². The van der Waals surface area contributed by atoms with Gasteiger partial charge in [0.05, 0.1) is 12.5 Å². The van der Waals surface area contributed by atoms with Gasteiger partial charge in [-0.05, 0) is 40.2 Å². The summed E-state index contributed by atoms with van der Waals surface area (Å²) in [5.41, 5.74) is 2.08. The summed E-state index contributed by atoms with van der Waals surface area (Å²) in [5.74, 6) is 2.13. The van der Waals surface area contributed by atoms with Crippen molar-refractivity contribution in [3.8, 4) is 0 Å². The van der Waals surface area contributed by atoms with Crippen molar-refractivity contribution in [2.45, 2.75) is 76.8 Å². The molecule has 35 heavy (non-hydrogen) atoms. The fourth-order valence-corrected chi connectivity index (χ4v) is 12.5. The Bertz CT molecular complexity index is 981. The van der Waals surface area contributed by atoms with E-state index in [0.29, 0.717) is 16.0 Å². The monoisotopic (exact) mass is 550 g/mol. The van der Waals surface area contributed by atoms with E-state index in [-0.39, 0.29) is 25.0 Å². The molecule has 2 aromatic heterocycles. The van der Waals surface area contributed by atoms with Gasteiger partial charge in [-0.2, -0.15) is 6.07 Å². The van der Waals surface area contributed by atoms with Crippen LogP contribution in [-0.4, -0.2) is 10.3 Å². The molecule has 0 aliphatic rings. The quantitative estimate of drug-likeness (QED) is 0.130. The van der Waals surface area contributed by atoms with Crippen molar-refractivity contribution in [2.24, 2.45) is 0 Å². The predicted octanol–water partition coefficient (Wildman–Crippen LogP) is 9.64. The first-order chi connectivity index (χ1) is 16.1. The Morgan fingerprint density at radius 3 is 1.60 bits per heavy atom. The molecule has 0 spiro atoms. The summed E-state index contributed by atoms with van der Waals surface area (Å²) in [6.45, 7) is 16.9. The minimum atomic E-state index is -0.447. The van der Waals surface area contributed by atoms with E-state index in [1.165, 1.54) is 10.9 Å². The molecular weight excluding hydrogens is 510 g/mol. The van der Waals surface area contributed by atoms with Gasteiger partial charge in [-0.1, -0.05) is 56.4 Å². The van der Waals surface area contributed by atoms with Crippen molar-refractivity contribution in [3.05, 3.63) is 102 Å². The predicted molar refractivity (Wildman–Crippen MR) is 150 cm³/mol. The van der Waals surface area contributed by atoms with Gasteiger partial charge in [-0.25, -0.2) is 12.1 Å². The fraction of sp³-hybridized carbons (Fsp3) is 0.400. The molecule has 5 heteroatoms. The number of hydrogen-bond donors (Lipinski definition) is 0. The van der Waals surface area contributed by atoms with Crippen LogP contribution in [0.3, 0.4) is 0 Å². The average molecular weight is 550 g/mol. The van der Waals surface area contributed by atoms with Crippen LogP contribution in [0.5, 0.6) is 0 Å². The summed E-state index contributed by atoms with van der Waals surface area (Å²) in [4.78, 5) is 0. The van der Waals surface area contributed by atoms with Gasteiger partial charge < -0.3 is 39.2 Å². The maximum absolute atomic E-state index is 5.73. The molecule has 0 saturated carbocycles. The molecule has 0 bridgehead atoms. The molecule has 0 fully saturated rings. The molecule has 196 valence electrons. The number of rotatable bonds is 7. The summed E-state index contributed by atoms with van der Waals surface area (Å²) in [6.07, 6.45) is 5.47. The second kappa shape index (κ2) is 13.3. The Kier molecular flexibility index (Phi) is 11.3. The topological polar surface area (TPSA) is 26.3 Å². The van der Waals surface area contributed by atoms with Crippen LogP contribution in [0.4, 0.5) is 0 Å². The van der Waals surface area contributed by atoms with E-state index >= 15 is 0 Å². The molecule has 2 heterocycles. The molecule has 1 atom stereocenters. The third-order valence-electron chi connectivity index (χ3n) is 5.86. The third-order valence-corrected chi connectivity index (χ3v) is 12.3. The molecule has 2 nitrogen and oxygen atoms in total. The number of hydrogen-bond acceptors (Lipinski definition) is 2. The third kappa shape index (κ3) is 8.61. The molecule has 0 saturated heterocycles. The SMILES string of the molecule is CC([c-]1cccc1P(Cc1ccco1)Cc1ccco1)P(C(C)(C)C)C(C)(C)C.[Fe].[cH-]1[cH-][cH-][cH-][cH-]1. The van der Waals surface area contributed by atoms with E-state index in [9.17, 15) is 0 Å². The van der Waals surface area contributed by atoms with Crippen LogP contribution in [0.25, 0.3) is 0 Å². The average Bonchev–Trinajstić information content (AvgIpc) is 3.55. The van der Waals surface area contributed by atoms with Crippen molar-refractivity contribution in [2.75, 3.05) is 0 Å². The van der Waals surface area contributed by atoms with Crippen LogP contribution in [0, 0.1) is 0 Å². The molecule has 0 aliphatic heterocycles. The first-order valence-electron chi connectivity index (χ1n) is 12.1. The second-order valence-electron chi connectivity index (χ2n) is 10.7. The molecule has 0 N–H and O–H groups in total. The van der Waals surface area contributed by atoms with E-state index in [4.69, 9.17) is 8.83 Å². The maximum Gasteiger partial charge on any atom is 0.108 e. The molecule has 1 unspecified atom stereocenters. The van der Waals surface area contributed by atoms with Gasteiger partial charge >= 0.3 is 0 Å². The molecule has 0 aliphatic carbocycles. The first-order valence-corrected chi connectivity index (χ1v) is 15.2. The largest absolute Gasteiger partial charge is 0.748 e. The van der Waals surface area contributed by atoms with Gasteiger partial charge in [0.15, 0.2) is 0 Å². The Morgan fingerprint density at radius 2 is 1.23 bits per heavy atom. The van der Waals surface area contributed by atoms with Crippen LogP contribution in [0.15, 0.2) is 94.2 Å². The zero-order chi connectivity index (χ0) is 24.8. The van der Waals surface area contributed by atoms with E-state index in [1.807, 2.05) is 42.5 Å². The molecule has 4 aromatic rings. The molecule has 0 amide bonds. The summed E-state index contributed by atoms with van der Waals surface area (Å²) in [5, 5.41) is 2.11. The van der Waals surface area contributed by atoms with Gasteiger partial charge in [-0.15, -0.1) is 18.8 Å². The normalized spacial score (nSPS) is 12.8. The van der Waals surface area contributed by atoms with Gasteiger partial charge in [0.1, 0.15) is 11.5 Å². The zero-order valence-corrected chi connectivity index (χ0v) is 25.0. The minimum absolute atomic E-state index is 0. The Balaban J connectivity index is 0.000000640. The van der Waals surface area contributed by atoms with Crippen molar-refractivity contribution in [1.82, 2.24) is 0 Å². The standard InChI is InChI=1S/C25H35O2P2.C5H5.Fe/c1-19(29(24(2,3)4)25(5,6)7)22-13-8-14-23(22)28(17-20-11-9-15-26-20)18-21-12-10-16-27-21;1-2-4-5-3-1;/h8-16,19H,17-18H2,1-7H3;1-5H;/q-1;-5;. The summed E-state index contributed by atoms with van der Waals surface area (Å²) in [6, 6.07) is 25.1. The van der Waals surface area contributed by atoms with Crippen LogP contribution >= 0.6 is 15.8 Å². The van der Waals surface area contributed by atoms with E-state index in [0.717, 1.165) is 23.8 Å². The van der Waals surface area contributed by atoms with E-state index in [2.05, 4.69) is 78.8 Å². The van der Waals surface area contributed by atoms with Gasteiger partial charge in [-0.3, -0.25) is 0 Å². The van der Waals surface area contributed by atoms with Crippen LogP contribution in [-0.2, 0) is 29.4 Å². The van der Waals surface area contributed by atoms with E-state index < -0.39 is 7.92 Å². The number of furan rings is 2.